The molecule has 0 unspecified atom stereocenters. The molecule has 3 heterocycles. The number of aliphatic imine (C=N–C) groups is 1. The van der Waals surface area contributed by atoms with E-state index in [1.807, 2.05) is 18.2 Å². The molecule has 0 amide bonds. The molecule has 32 heavy (non-hydrogen) atoms. The first-order valence-electron chi connectivity index (χ1n) is 11.5. The molecule has 2 aliphatic rings. The predicted octanol–water partition coefficient (Wildman–Crippen LogP) is 2.32. The van der Waals surface area contributed by atoms with E-state index in [-0.39, 0.29) is 5.41 Å². The first-order valence-corrected chi connectivity index (χ1v) is 11.5. The van der Waals surface area contributed by atoms with Crippen LogP contribution < -0.4 is 15.0 Å². The highest BCUT2D eigenvalue weighted by atomic mass is 16.5. The SMILES string of the molecule is CCNC(=NCC1(c2ccc(OC)cc2)CCOCC1)N1CCN(c2ncccn2)CC1. The topological polar surface area (TPSA) is 75.1 Å². The number of nitrogens with one attached hydrogen (secondary N) is 1. The van der Waals surface area contributed by atoms with Crippen LogP contribution in [0.4, 0.5) is 5.95 Å². The zero-order chi connectivity index (χ0) is 22.2. The van der Waals surface area contributed by atoms with Gasteiger partial charge in [0.1, 0.15) is 5.75 Å². The molecule has 2 fully saturated rings. The zero-order valence-electron chi connectivity index (χ0n) is 19.2. The molecule has 1 N–H and O–H groups in total. The van der Waals surface area contributed by atoms with Crippen LogP contribution in [0.1, 0.15) is 25.3 Å². The van der Waals surface area contributed by atoms with Gasteiger partial charge in [0.2, 0.25) is 5.95 Å². The van der Waals surface area contributed by atoms with Crippen molar-refractivity contribution in [2.24, 2.45) is 4.99 Å². The van der Waals surface area contributed by atoms with Crippen molar-refractivity contribution in [3.8, 4) is 5.75 Å². The first-order chi connectivity index (χ1) is 15.7. The summed E-state index contributed by atoms with van der Waals surface area (Å²) in [5.41, 5.74) is 1.30. The Kier molecular flexibility index (Phi) is 7.42. The average Bonchev–Trinajstić information content (AvgIpc) is 2.88. The summed E-state index contributed by atoms with van der Waals surface area (Å²) in [6, 6.07) is 10.3. The maximum atomic E-state index is 5.70. The molecule has 1 aromatic carbocycles. The number of nitrogens with zero attached hydrogens (tertiary/aromatic N) is 5. The number of aromatic nitrogens is 2. The van der Waals surface area contributed by atoms with Gasteiger partial charge in [0.25, 0.3) is 0 Å². The summed E-state index contributed by atoms with van der Waals surface area (Å²) < 4.78 is 11.1. The van der Waals surface area contributed by atoms with Crippen LogP contribution in [0, 0.1) is 0 Å². The Morgan fingerprint density at radius 3 is 2.41 bits per heavy atom. The highest BCUT2D eigenvalue weighted by molar-refractivity contribution is 5.80. The molecule has 4 rings (SSSR count). The van der Waals surface area contributed by atoms with E-state index in [0.29, 0.717) is 0 Å². The van der Waals surface area contributed by atoms with Crippen LogP contribution in [0.2, 0.25) is 0 Å². The third-order valence-corrected chi connectivity index (χ3v) is 6.43. The number of hydrogen-bond donors (Lipinski definition) is 1. The second kappa shape index (κ2) is 10.6. The van der Waals surface area contributed by atoms with E-state index in [9.17, 15) is 0 Å². The highest BCUT2D eigenvalue weighted by Gasteiger charge is 2.35. The van der Waals surface area contributed by atoms with Gasteiger partial charge in [0.15, 0.2) is 5.96 Å². The van der Waals surface area contributed by atoms with Gasteiger partial charge in [-0.25, -0.2) is 9.97 Å². The lowest BCUT2D eigenvalue weighted by Gasteiger charge is -2.39. The molecule has 8 nitrogen and oxygen atoms in total. The van der Waals surface area contributed by atoms with E-state index in [1.165, 1.54) is 5.56 Å². The van der Waals surface area contributed by atoms with Crippen molar-refractivity contribution in [1.29, 1.82) is 0 Å². The average molecular weight is 439 g/mol. The van der Waals surface area contributed by atoms with Crippen molar-refractivity contribution in [2.45, 2.75) is 25.2 Å². The summed E-state index contributed by atoms with van der Waals surface area (Å²) in [7, 11) is 1.70. The van der Waals surface area contributed by atoms with E-state index >= 15 is 0 Å². The number of methoxy groups -OCH3 is 1. The highest BCUT2D eigenvalue weighted by Crippen LogP contribution is 2.36. The molecule has 172 valence electrons. The molecular weight excluding hydrogens is 404 g/mol. The molecular formula is C24H34N6O2. The second-order valence-electron chi connectivity index (χ2n) is 8.31. The van der Waals surface area contributed by atoms with Gasteiger partial charge in [-0.3, -0.25) is 4.99 Å². The van der Waals surface area contributed by atoms with Crippen LogP contribution in [0.5, 0.6) is 5.75 Å². The number of ether oxygens (including phenoxy) is 2. The Morgan fingerprint density at radius 1 is 1.09 bits per heavy atom. The van der Waals surface area contributed by atoms with Gasteiger partial charge in [0.05, 0.1) is 13.7 Å². The monoisotopic (exact) mass is 438 g/mol. The van der Waals surface area contributed by atoms with Crippen molar-refractivity contribution < 1.29 is 9.47 Å². The fourth-order valence-corrected chi connectivity index (χ4v) is 4.47. The van der Waals surface area contributed by atoms with Crippen molar-refractivity contribution in [3.05, 3.63) is 48.3 Å². The van der Waals surface area contributed by atoms with Gasteiger partial charge < -0.3 is 24.6 Å². The summed E-state index contributed by atoms with van der Waals surface area (Å²) in [6.45, 7) is 8.80. The van der Waals surface area contributed by atoms with Gasteiger partial charge in [-0.05, 0) is 43.5 Å². The third kappa shape index (κ3) is 5.12. The van der Waals surface area contributed by atoms with Crippen LogP contribution in [-0.4, -0.2) is 80.4 Å². The number of guanidine groups is 1. The zero-order valence-corrected chi connectivity index (χ0v) is 19.2. The predicted molar refractivity (Wildman–Crippen MR) is 127 cm³/mol. The second-order valence-corrected chi connectivity index (χ2v) is 8.31. The van der Waals surface area contributed by atoms with E-state index in [4.69, 9.17) is 14.5 Å². The molecule has 2 aromatic rings. The molecule has 0 saturated carbocycles. The molecule has 0 atom stereocenters. The van der Waals surface area contributed by atoms with Crippen LogP contribution in [-0.2, 0) is 10.2 Å². The van der Waals surface area contributed by atoms with Crippen LogP contribution in [0.3, 0.4) is 0 Å². The van der Waals surface area contributed by atoms with Crippen molar-refractivity contribution in [2.75, 3.05) is 64.5 Å². The Morgan fingerprint density at radius 2 is 1.78 bits per heavy atom. The third-order valence-electron chi connectivity index (χ3n) is 6.43. The lowest BCUT2D eigenvalue weighted by molar-refractivity contribution is 0.0530. The number of rotatable bonds is 6. The van der Waals surface area contributed by atoms with Crippen LogP contribution in [0.25, 0.3) is 0 Å². The molecule has 0 aliphatic carbocycles. The smallest absolute Gasteiger partial charge is 0.225 e. The minimum absolute atomic E-state index is 0.00903. The maximum Gasteiger partial charge on any atom is 0.225 e. The number of piperazine rings is 1. The van der Waals surface area contributed by atoms with Crippen LogP contribution >= 0.6 is 0 Å². The molecule has 0 bridgehead atoms. The molecule has 2 aliphatic heterocycles. The summed E-state index contributed by atoms with van der Waals surface area (Å²) >= 11 is 0. The van der Waals surface area contributed by atoms with Gasteiger partial charge in [0, 0.05) is 63.7 Å². The Bertz CT molecular complexity index is 860. The van der Waals surface area contributed by atoms with E-state index in [2.05, 4.69) is 44.1 Å². The van der Waals surface area contributed by atoms with Crippen molar-refractivity contribution in [3.63, 3.8) is 0 Å². The lowest BCUT2D eigenvalue weighted by Crippen LogP contribution is -2.53. The summed E-state index contributed by atoms with van der Waals surface area (Å²) in [5, 5.41) is 3.51. The molecule has 2 saturated heterocycles. The Balaban J connectivity index is 1.48. The standard InChI is InChI=1S/C24H34N6O2/c1-3-25-22(29-13-15-30(16-14-29)23-26-11-4-12-27-23)28-19-24(9-17-32-18-10-24)20-5-7-21(31-2)8-6-20/h4-8,11-12H,3,9-10,13-19H2,1-2H3,(H,25,28). The van der Waals surface area contributed by atoms with Crippen molar-refractivity contribution >= 4 is 11.9 Å². The Hall–Kier alpha value is -2.87. The summed E-state index contributed by atoms with van der Waals surface area (Å²) in [6.07, 6.45) is 5.54. The molecule has 8 heteroatoms. The largest absolute Gasteiger partial charge is 0.497 e. The molecule has 1 aromatic heterocycles. The minimum atomic E-state index is -0.00903. The first kappa shape index (κ1) is 22.3. The van der Waals surface area contributed by atoms with Gasteiger partial charge >= 0.3 is 0 Å². The van der Waals surface area contributed by atoms with Crippen molar-refractivity contribution in [1.82, 2.24) is 20.2 Å². The Labute approximate surface area is 190 Å². The lowest BCUT2D eigenvalue weighted by atomic mass is 9.74. The van der Waals surface area contributed by atoms with E-state index < -0.39 is 0 Å². The number of anilines is 1. The molecule has 0 radical (unpaired) electrons. The minimum Gasteiger partial charge on any atom is -0.497 e. The summed E-state index contributed by atoms with van der Waals surface area (Å²) in [5.74, 6) is 2.67. The molecule has 0 spiro atoms. The van der Waals surface area contributed by atoms with Gasteiger partial charge in [-0.2, -0.15) is 0 Å². The maximum absolute atomic E-state index is 5.70. The van der Waals surface area contributed by atoms with Crippen LogP contribution in [0.15, 0.2) is 47.7 Å². The van der Waals surface area contributed by atoms with Gasteiger partial charge in [-0.1, -0.05) is 12.1 Å². The fourth-order valence-electron chi connectivity index (χ4n) is 4.47. The van der Waals surface area contributed by atoms with E-state index in [1.54, 1.807) is 19.5 Å². The fraction of sp³-hybridized carbons (Fsp3) is 0.542. The number of hydrogen-bond acceptors (Lipinski definition) is 6. The number of benzene rings is 1. The van der Waals surface area contributed by atoms with Gasteiger partial charge in [-0.15, -0.1) is 0 Å². The normalized spacial score (nSPS) is 19.0. The quantitative estimate of drug-likeness (QED) is 0.548. The summed E-state index contributed by atoms with van der Waals surface area (Å²) in [4.78, 5) is 18.5. The van der Waals surface area contributed by atoms with E-state index in [0.717, 1.165) is 83.0 Å².